The van der Waals surface area contributed by atoms with Crippen molar-refractivity contribution in [3.8, 4) is 0 Å². The molecule has 0 radical (unpaired) electrons. The van der Waals surface area contributed by atoms with Gasteiger partial charge in [-0.1, -0.05) is 19.1 Å². The van der Waals surface area contributed by atoms with Crippen molar-refractivity contribution in [3.05, 3.63) is 29.8 Å². The number of nitrogens with zero attached hydrogens (tertiary/aromatic N) is 1. The first-order chi connectivity index (χ1) is 10.3. The quantitative estimate of drug-likeness (QED) is 0.805. The number of hydrogen-bond acceptors (Lipinski definition) is 5. The Bertz CT molecular complexity index is 710. The molecule has 1 N–H and O–H groups in total. The van der Waals surface area contributed by atoms with Gasteiger partial charge in [0.2, 0.25) is 10.0 Å². The van der Waals surface area contributed by atoms with Gasteiger partial charge in [-0.05, 0) is 30.5 Å². The second-order valence-electron chi connectivity index (χ2n) is 5.39. The molecule has 1 aliphatic rings. The first-order valence-electron chi connectivity index (χ1n) is 7.22. The number of hydrogen-bond donors (Lipinski definition) is 1. The summed E-state index contributed by atoms with van der Waals surface area (Å²) in [4.78, 5) is 0.127. The number of sulfonamides is 1. The predicted molar refractivity (Wildman–Crippen MR) is 83.9 cm³/mol. The third kappa shape index (κ3) is 3.68. The first kappa shape index (κ1) is 17.4. The highest BCUT2D eigenvalue weighted by molar-refractivity contribution is 7.92. The van der Waals surface area contributed by atoms with Gasteiger partial charge >= 0.3 is 0 Å². The van der Waals surface area contributed by atoms with E-state index in [9.17, 15) is 16.8 Å². The summed E-state index contributed by atoms with van der Waals surface area (Å²) in [6.07, 6.45) is 1.08. The fraction of sp³-hybridized carbons (Fsp3) is 0.571. The van der Waals surface area contributed by atoms with Gasteiger partial charge in [0.05, 0.1) is 23.0 Å². The Kier molecular flexibility index (Phi) is 5.26. The van der Waals surface area contributed by atoms with Crippen molar-refractivity contribution in [2.75, 3.05) is 24.7 Å². The maximum absolute atomic E-state index is 12.7. The zero-order chi connectivity index (χ0) is 16.4. The lowest BCUT2D eigenvalue weighted by molar-refractivity contribution is 0.232. The van der Waals surface area contributed by atoms with Gasteiger partial charge in [0.1, 0.15) is 0 Å². The molecule has 1 aromatic rings. The number of aryl methyl sites for hydroxylation is 1. The van der Waals surface area contributed by atoms with Crippen LogP contribution in [-0.2, 0) is 26.3 Å². The summed E-state index contributed by atoms with van der Waals surface area (Å²) in [5.74, 6) is -0.191. The molecule has 0 unspecified atom stereocenters. The van der Waals surface area contributed by atoms with Crippen LogP contribution in [0.1, 0.15) is 18.9 Å². The number of aliphatic hydroxyl groups excluding tert-OH is 1. The first-order valence-corrected chi connectivity index (χ1v) is 10.5. The number of benzene rings is 1. The molecule has 1 aliphatic heterocycles. The van der Waals surface area contributed by atoms with Gasteiger partial charge < -0.3 is 5.11 Å². The molecule has 22 heavy (non-hydrogen) atoms. The van der Waals surface area contributed by atoms with Crippen LogP contribution in [0.25, 0.3) is 0 Å². The van der Waals surface area contributed by atoms with Crippen LogP contribution in [0.2, 0.25) is 0 Å². The molecule has 0 spiro atoms. The Morgan fingerprint density at radius 3 is 2.36 bits per heavy atom. The Labute approximate surface area is 131 Å². The molecule has 0 saturated carbocycles. The smallest absolute Gasteiger partial charge is 0.243 e. The topological polar surface area (TPSA) is 91.8 Å². The number of aliphatic hydroxyl groups is 1. The summed E-state index contributed by atoms with van der Waals surface area (Å²) < 4.78 is 49.8. The fourth-order valence-corrected chi connectivity index (χ4v) is 6.10. The van der Waals surface area contributed by atoms with E-state index in [1.54, 1.807) is 12.1 Å². The molecule has 1 aromatic carbocycles. The van der Waals surface area contributed by atoms with E-state index < -0.39 is 25.9 Å². The van der Waals surface area contributed by atoms with E-state index in [-0.39, 0.29) is 36.0 Å². The summed E-state index contributed by atoms with van der Waals surface area (Å²) in [6.45, 7) is 1.53. The van der Waals surface area contributed by atoms with Gasteiger partial charge in [-0.2, -0.15) is 4.31 Å². The highest BCUT2D eigenvalue weighted by Gasteiger charge is 2.38. The minimum Gasteiger partial charge on any atom is -0.395 e. The van der Waals surface area contributed by atoms with Gasteiger partial charge in [-0.25, -0.2) is 16.8 Å². The predicted octanol–water partition coefficient (Wildman–Crippen LogP) is 0.419. The van der Waals surface area contributed by atoms with Crippen LogP contribution in [0.15, 0.2) is 29.2 Å². The average Bonchev–Trinajstić information content (AvgIpc) is 2.84. The third-order valence-electron chi connectivity index (χ3n) is 3.87. The van der Waals surface area contributed by atoms with Gasteiger partial charge in [-0.15, -0.1) is 0 Å². The maximum Gasteiger partial charge on any atom is 0.243 e. The lowest BCUT2D eigenvalue weighted by Crippen LogP contribution is -2.42. The molecule has 0 bridgehead atoms. The second-order valence-corrected chi connectivity index (χ2v) is 9.51. The normalized spacial score (nSPS) is 21.3. The van der Waals surface area contributed by atoms with Crippen LogP contribution in [0, 0.1) is 0 Å². The standard InChI is InChI=1S/C14H21NO5S2/c1-2-12-3-5-14(6-4-12)22(19,20)15(8-9-16)13-7-10-21(17,18)11-13/h3-6,13,16H,2,7-11H2,1H3/t13-/m1/s1. The zero-order valence-corrected chi connectivity index (χ0v) is 14.1. The lowest BCUT2D eigenvalue weighted by atomic mass is 10.2. The van der Waals surface area contributed by atoms with E-state index in [0.29, 0.717) is 0 Å². The Balaban J connectivity index is 2.33. The largest absolute Gasteiger partial charge is 0.395 e. The van der Waals surface area contributed by atoms with Crippen LogP contribution in [0.3, 0.4) is 0 Å². The fourth-order valence-electron chi connectivity index (χ4n) is 2.63. The van der Waals surface area contributed by atoms with Crippen molar-refractivity contribution in [2.45, 2.75) is 30.7 Å². The van der Waals surface area contributed by atoms with E-state index in [4.69, 9.17) is 5.11 Å². The molecule has 1 heterocycles. The van der Waals surface area contributed by atoms with Crippen LogP contribution >= 0.6 is 0 Å². The van der Waals surface area contributed by atoms with Crippen LogP contribution < -0.4 is 0 Å². The number of sulfone groups is 1. The van der Waals surface area contributed by atoms with Gasteiger partial charge in [-0.3, -0.25) is 0 Å². The van der Waals surface area contributed by atoms with E-state index in [1.807, 2.05) is 6.92 Å². The minimum absolute atomic E-state index is 0.0100. The van der Waals surface area contributed by atoms with E-state index in [0.717, 1.165) is 16.3 Å². The molecule has 0 aromatic heterocycles. The Morgan fingerprint density at radius 2 is 1.91 bits per heavy atom. The second kappa shape index (κ2) is 6.66. The van der Waals surface area contributed by atoms with Gasteiger partial charge in [0.15, 0.2) is 9.84 Å². The lowest BCUT2D eigenvalue weighted by Gasteiger charge is -2.26. The highest BCUT2D eigenvalue weighted by atomic mass is 32.2. The van der Waals surface area contributed by atoms with Gasteiger partial charge in [0.25, 0.3) is 0 Å². The van der Waals surface area contributed by atoms with E-state index >= 15 is 0 Å². The maximum atomic E-state index is 12.7. The summed E-state index contributed by atoms with van der Waals surface area (Å²) in [7, 11) is -7.01. The van der Waals surface area contributed by atoms with Crippen LogP contribution in [-0.4, -0.2) is 56.9 Å². The summed E-state index contributed by atoms with van der Waals surface area (Å²) in [5, 5.41) is 9.16. The molecule has 1 saturated heterocycles. The number of rotatable bonds is 6. The molecular weight excluding hydrogens is 326 g/mol. The average molecular weight is 347 g/mol. The Hall–Kier alpha value is -0.960. The molecule has 8 heteroatoms. The summed E-state index contributed by atoms with van der Waals surface area (Å²) in [6, 6.07) is 5.95. The molecule has 6 nitrogen and oxygen atoms in total. The van der Waals surface area contributed by atoms with E-state index in [2.05, 4.69) is 0 Å². The molecule has 0 amide bonds. The van der Waals surface area contributed by atoms with Crippen molar-refractivity contribution >= 4 is 19.9 Å². The SMILES string of the molecule is CCc1ccc(S(=O)(=O)N(CCO)[C@@H]2CCS(=O)(=O)C2)cc1. The molecule has 1 atom stereocenters. The van der Waals surface area contributed by atoms with Crippen molar-refractivity contribution in [1.82, 2.24) is 4.31 Å². The molecular formula is C14H21NO5S2. The van der Waals surface area contributed by atoms with Crippen molar-refractivity contribution in [2.24, 2.45) is 0 Å². The molecule has 124 valence electrons. The summed E-state index contributed by atoms with van der Waals surface area (Å²) in [5.41, 5.74) is 1.02. The highest BCUT2D eigenvalue weighted by Crippen LogP contribution is 2.25. The van der Waals surface area contributed by atoms with E-state index in [1.165, 1.54) is 12.1 Å². The van der Waals surface area contributed by atoms with Crippen LogP contribution in [0.5, 0.6) is 0 Å². The van der Waals surface area contributed by atoms with Crippen molar-refractivity contribution in [3.63, 3.8) is 0 Å². The monoisotopic (exact) mass is 347 g/mol. The third-order valence-corrected chi connectivity index (χ3v) is 7.59. The molecule has 2 rings (SSSR count). The van der Waals surface area contributed by atoms with Crippen LogP contribution in [0.4, 0.5) is 0 Å². The van der Waals surface area contributed by atoms with Crippen molar-refractivity contribution in [1.29, 1.82) is 0 Å². The Morgan fingerprint density at radius 1 is 1.27 bits per heavy atom. The molecule has 0 aliphatic carbocycles. The minimum atomic E-state index is -3.81. The zero-order valence-electron chi connectivity index (χ0n) is 12.5. The molecule has 1 fully saturated rings. The summed E-state index contributed by atoms with van der Waals surface area (Å²) >= 11 is 0. The van der Waals surface area contributed by atoms with Crippen molar-refractivity contribution < 1.29 is 21.9 Å². The van der Waals surface area contributed by atoms with Gasteiger partial charge in [0, 0.05) is 12.6 Å².